The lowest BCUT2D eigenvalue weighted by atomic mass is 10.1. The zero-order valence-electron chi connectivity index (χ0n) is 14.4. The molecular weight excluding hydrogens is 402 g/mol. The number of rotatable bonds is 5. The van der Waals surface area contributed by atoms with Gasteiger partial charge in [-0.25, -0.2) is 9.18 Å². The Hall–Kier alpha value is -2.95. The quantitative estimate of drug-likeness (QED) is 0.214. The molecule has 0 atom stereocenters. The van der Waals surface area contributed by atoms with E-state index in [1.807, 2.05) is 0 Å². The van der Waals surface area contributed by atoms with Crippen LogP contribution in [0.4, 0.5) is 4.39 Å². The third-order valence-corrected chi connectivity index (χ3v) is 4.37. The van der Waals surface area contributed by atoms with E-state index in [1.165, 1.54) is 42.5 Å². The van der Waals surface area contributed by atoms with Crippen LogP contribution in [0.5, 0.6) is 5.75 Å². The van der Waals surface area contributed by atoms with Crippen LogP contribution in [0.1, 0.15) is 26.3 Å². The summed E-state index contributed by atoms with van der Waals surface area (Å²) < 4.78 is 18.1. The Kier molecular flexibility index (Phi) is 6.24. The largest absolute Gasteiger partial charge is 0.423 e. The van der Waals surface area contributed by atoms with Crippen molar-refractivity contribution in [1.29, 1.82) is 0 Å². The molecule has 0 bridgehead atoms. The van der Waals surface area contributed by atoms with Gasteiger partial charge in [0.05, 0.1) is 5.56 Å². The third kappa shape index (κ3) is 5.06. The van der Waals surface area contributed by atoms with E-state index in [1.54, 1.807) is 36.4 Å². The molecule has 0 unspecified atom stereocenters. The van der Waals surface area contributed by atoms with Gasteiger partial charge >= 0.3 is 5.97 Å². The van der Waals surface area contributed by atoms with Crippen LogP contribution in [0.3, 0.4) is 0 Å². The van der Waals surface area contributed by atoms with Gasteiger partial charge in [0, 0.05) is 15.6 Å². The molecule has 140 valence electrons. The zero-order valence-corrected chi connectivity index (χ0v) is 15.9. The lowest BCUT2D eigenvalue weighted by molar-refractivity contribution is 0.0734. The minimum absolute atomic E-state index is 0.226. The Morgan fingerprint density at radius 2 is 1.50 bits per heavy atom. The van der Waals surface area contributed by atoms with Crippen LogP contribution in [0.15, 0.2) is 72.8 Å². The summed E-state index contributed by atoms with van der Waals surface area (Å²) >= 11 is 11.9. The number of hydrogen-bond donors (Lipinski definition) is 0. The summed E-state index contributed by atoms with van der Waals surface area (Å²) in [5.41, 5.74) is 1.32. The van der Waals surface area contributed by atoms with Gasteiger partial charge in [-0.15, -0.1) is 0 Å². The molecular formula is C22H13Cl2FO3. The number of esters is 1. The summed E-state index contributed by atoms with van der Waals surface area (Å²) in [6, 6.07) is 16.1. The highest BCUT2D eigenvalue weighted by molar-refractivity contribution is 6.35. The molecule has 6 heteroatoms. The first-order chi connectivity index (χ1) is 13.4. The maximum absolute atomic E-state index is 12.9. The number of carbonyl (C=O) groups excluding carboxylic acids is 2. The second-order valence-corrected chi connectivity index (χ2v) is 6.63. The Balaban J connectivity index is 1.66. The topological polar surface area (TPSA) is 43.4 Å². The fourth-order valence-electron chi connectivity index (χ4n) is 2.34. The average molecular weight is 415 g/mol. The molecule has 0 aliphatic carbocycles. The lowest BCUT2D eigenvalue weighted by Crippen LogP contribution is -2.08. The minimum atomic E-state index is -0.614. The van der Waals surface area contributed by atoms with Crippen molar-refractivity contribution in [3.8, 4) is 5.75 Å². The highest BCUT2D eigenvalue weighted by Crippen LogP contribution is 2.22. The van der Waals surface area contributed by atoms with Gasteiger partial charge in [0.1, 0.15) is 11.6 Å². The second kappa shape index (κ2) is 8.83. The summed E-state index contributed by atoms with van der Waals surface area (Å²) in [6.07, 6.45) is 3.00. The summed E-state index contributed by atoms with van der Waals surface area (Å²) in [6.45, 7) is 0. The Bertz CT molecular complexity index is 1040. The van der Waals surface area contributed by atoms with Crippen molar-refractivity contribution in [3.05, 3.63) is 105 Å². The number of halogens is 3. The van der Waals surface area contributed by atoms with Crippen LogP contribution in [0, 0.1) is 5.82 Å². The Morgan fingerprint density at radius 3 is 2.14 bits per heavy atom. The van der Waals surface area contributed by atoms with Crippen LogP contribution >= 0.6 is 23.2 Å². The molecule has 0 saturated carbocycles. The van der Waals surface area contributed by atoms with Crippen molar-refractivity contribution in [2.45, 2.75) is 0 Å². The SMILES string of the molecule is O=C(C=Cc1ccc(Cl)cc1Cl)c1ccc(OC(=O)c2ccc(F)cc2)cc1. The van der Waals surface area contributed by atoms with Gasteiger partial charge in [-0.05, 0) is 78.4 Å². The monoisotopic (exact) mass is 414 g/mol. The second-order valence-electron chi connectivity index (χ2n) is 5.78. The molecule has 3 nitrogen and oxygen atoms in total. The maximum Gasteiger partial charge on any atom is 0.343 e. The minimum Gasteiger partial charge on any atom is -0.423 e. The summed E-state index contributed by atoms with van der Waals surface area (Å²) in [5, 5.41) is 0.957. The molecule has 3 aromatic carbocycles. The third-order valence-electron chi connectivity index (χ3n) is 3.81. The van der Waals surface area contributed by atoms with Gasteiger partial charge in [0.2, 0.25) is 0 Å². The molecule has 0 amide bonds. The van der Waals surface area contributed by atoms with Crippen molar-refractivity contribution in [2.75, 3.05) is 0 Å². The Morgan fingerprint density at radius 1 is 0.857 bits per heavy atom. The predicted molar refractivity (Wildman–Crippen MR) is 108 cm³/mol. The van der Waals surface area contributed by atoms with Crippen LogP contribution < -0.4 is 4.74 Å². The molecule has 28 heavy (non-hydrogen) atoms. The smallest absolute Gasteiger partial charge is 0.343 e. The first kappa shape index (κ1) is 19.8. The summed E-state index contributed by atoms with van der Waals surface area (Å²) in [7, 11) is 0. The molecule has 3 rings (SSSR count). The van der Waals surface area contributed by atoms with Gasteiger partial charge in [0.15, 0.2) is 5.78 Å². The molecule has 0 aliphatic heterocycles. The molecule has 0 spiro atoms. The van der Waals surface area contributed by atoms with Crippen LogP contribution in [0.2, 0.25) is 10.0 Å². The molecule has 3 aromatic rings. The highest BCUT2D eigenvalue weighted by atomic mass is 35.5. The lowest BCUT2D eigenvalue weighted by Gasteiger charge is -2.05. The van der Waals surface area contributed by atoms with Gasteiger partial charge in [0.25, 0.3) is 0 Å². The van der Waals surface area contributed by atoms with E-state index in [0.717, 1.165) is 0 Å². The molecule has 0 aliphatic rings. The van der Waals surface area contributed by atoms with Gasteiger partial charge < -0.3 is 4.74 Å². The number of hydrogen-bond acceptors (Lipinski definition) is 3. The van der Waals surface area contributed by atoms with Crippen molar-refractivity contribution in [3.63, 3.8) is 0 Å². The maximum atomic E-state index is 12.9. The number of carbonyl (C=O) groups is 2. The standard InChI is InChI=1S/C22H13Cl2FO3/c23-17-7-1-14(20(24)13-17)6-12-21(26)15-4-10-19(11-5-15)28-22(27)16-2-8-18(25)9-3-16/h1-13H. The molecule has 0 heterocycles. The van der Waals surface area contributed by atoms with Gasteiger partial charge in [-0.1, -0.05) is 29.3 Å². The number of ketones is 1. The van der Waals surface area contributed by atoms with Crippen LogP contribution in [-0.2, 0) is 0 Å². The molecule has 0 saturated heterocycles. The van der Waals surface area contributed by atoms with E-state index in [0.29, 0.717) is 21.2 Å². The number of ether oxygens (including phenoxy) is 1. The fraction of sp³-hybridized carbons (Fsp3) is 0. The van der Waals surface area contributed by atoms with E-state index < -0.39 is 11.8 Å². The van der Waals surface area contributed by atoms with Crippen molar-refractivity contribution >= 4 is 41.0 Å². The number of allylic oxidation sites excluding steroid dienone is 1. The summed E-state index contributed by atoms with van der Waals surface area (Å²) in [4.78, 5) is 24.3. The van der Waals surface area contributed by atoms with Gasteiger partial charge in [-0.3, -0.25) is 4.79 Å². The fourth-order valence-corrected chi connectivity index (χ4v) is 2.81. The zero-order chi connectivity index (χ0) is 20.1. The number of benzene rings is 3. The van der Waals surface area contributed by atoms with E-state index in [4.69, 9.17) is 27.9 Å². The molecule has 0 N–H and O–H groups in total. The average Bonchev–Trinajstić information content (AvgIpc) is 2.68. The van der Waals surface area contributed by atoms with Crippen molar-refractivity contribution in [1.82, 2.24) is 0 Å². The van der Waals surface area contributed by atoms with Crippen LogP contribution in [-0.4, -0.2) is 11.8 Å². The predicted octanol–water partition coefficient (Wildman–Crippen LogP) is 6.25. The van der Waals surface area contributed by atoms with Crippen LogP contribution in [0.25, 0.3) is 6.08 Å². The first-order valence-electron chi connectivity index (χ1n) is 8.17. The van der Waals surface area contributed by atoms with E-state index in [2.05, 4.69) is 0 Å². The van der Waals surface area contributed by atoms with Gasteiger partial charge in [-0.2, -0.15) is 0 Å². The first-order valence-corrected chi connectivity index (χ1v) is 8.93. The van der Waals surface area contributed by atoms with Crippen molar-refractivity contribution in [2.24, 2.45) is 0 Å². The van der Waals surface area contributed by atoms with E-state index in [9.17, 15) is 14.0 Å². The van der Waals surface area contributed by atoms with E-state index in [-0.39, 0.29) is 17.1 Å². The highest BCUT2D eigenvalue weighted by Gasteiger charge is 2.09. The molecule has 0 aromatic heterocycles. The Labute approximate surface area is 171 Å². The van der Waals surface area contributed by atoms with Crippen molar-refractivity contribution < 1.29 is 18.7 Å². The molecule has 0 radical (unpaired) electrons. The van der Waals surface area contributed by atoms with E-state index >= 15 is 0 Å². The summed E-state index contributed by atoms with van der Waals surface area (Å²) in [5.74, 6) is -1.01. The normalized spacial score (nSPS) is 10.8. The molecule has 0 fully saturated rings.